The summed E-state index contributed by atoms with van der Waals surface area (Å²) in [5.74, 6) is -0.653. The van der Waals surface area contributed by atoms with E-state index in [4.69, 9.17) is 14.9 Å². The van der Waals surface area contributed by atoms with Gasteiger partial charge in [-0.25, -0.2) is 8.42 Å². The third-order valence-electron chi connectivity index (χ3n) is 5.53. The number of carbonyl (C=O) groups is 2. The Kier molecular flexibility index (Phi) is 6.39. The molecule has 9 nitrogen and oxygen atoms in total. The minimum Gasteiger partial charge on any atom is -0.483 e. The number of ether oxygens (including phenoxy) is 1. The van der Waals surface area contributed by atoms with Crippen LogP contribution in [0.25, 0.3) is 11.0 Å². The Bertz CT molecular complexity index is 1260. The van der Waals surface area contributed by atoms with Gasteiger partial charge in [0.2, 0.25) is 10.0 Å². The van der Waals surface area contributed by atoms with E-state index in [1.807, 2.05) is 30.3 Å². The molecular weight excluding hydrogens is 446 g/mol. The zero-order chi connectivity index (χ0) is 23.6. The monoisotopic (exact) mass is 471 g/mol. The fraction of sp³-hybridized carbons (Fsp3) is 0.304. The molecule has 0 unspecified atom stereocenters. The first-order valence-electron chi connectivity index (χ1n) is 10.6. The zero-order valence-electron chi connectivity index (χ0n) is 18.1. The number of furan rings is 1. The number of rotatable bonds is 8. The van der Waals surface area contributed by atoms with Crippen molar-refractivity contribution < 1.29 is 27.2 Å². The van der Waals surface area contributed by atoms with Crippen molar-refractivity contribution in [3.05, 3.63) is 59.9 Å². The van der Waals surface area contributed by atoms with Crippen LogP contribution in [-0.4, -0.2) is 44.2 Å². The number of nitrogens with zero attached hydrogens (tertiary/aromatic N) is 1. The highest BCUT2D eigenvalue weighted by Crippen LogP contribution is 2.27. The van der Waals surface area contributed by atoms with E-state index in [0.29, 0.717) is 18.8 Å². The van der Waals surface area contributed by atoms with Crippen molar-refractivity contribution in [2.75, 3.05) is 19.7 Å². The van der Waals surface area contributed by atoms with E-state index in [9.17, 15) is 18.0 Å². The van der Waals surface area contributed by atoms with Gasteiger partial charge in [0.25, 0.3) is 11.8 Å². The molecule has 3 aromatic rings. The summed E-state index contributed by atoms with van der Waals surface area (Å²) >= 11 is 0. The van der Waals surface area contributed by atoms with Crippen molar-refractivity contribution in [2.45, 2.75) is 30.7 Å². The average Bonchev–Trinajstić information content (AvgIpc) is 3.48. The summed E-state index contributed by atoms with van der Waals surface area (Å²) in [6.45, 7) is 2.28. The molecule has 1 aromatic heterocycles. The van der Waals surface area contributed by atoms with Crippen LogP contribution in [0.3, 0.4) is 0 Å². The molecule has 1 atom stereocenters. The van der Waals surface area contributed by atoms with Gasteiger partial charge in [0.05, 0.1) is 16.5 Å². The predicted octanol–water partition coefficient (Wildman–Crippen LogP) is 2.57. The Morgan fingerprint density at radius 2 is 1.88 bits per heavy atom. The number of hydrogen-bond donors (Lipinski definition) is 2. The van der Waals surface area contributed by atoms with Crippen LogP contribution < -0.4 is 15.8 Å². The van der Waals surface area contributed by atoms with Gasteiger partial charge in [-0.2, -0.15) is 4.31 Å². The maximum Gasteiger partial charge on any atom is 0.258 e. The summed E-state index contributed by atoms with van der Waals surface area (Å²) < 4.78 is 38.2. The maximum absolute atomic E-state index is 12.8. The molecule has 10 heteroatoms. The van der Waals surface area contributed by atoms with Gasteiger partial charge in [0, 0.05) is 18.5 Å². The normalized spacial score (nSPS) is 15.4. The third-order valence-corrected chi connectivity index (χ3v) is 7.42. The van der Waals surface area contributed by atoms with Crippen LogP contribution in [0.4, 0.5) is 0 Å². The van der Waals surface area contributed by atoms with Gasteiger partial charge in [0.1, 0.15) is 17.1 Å². The fourth-order valence-corrected chi connectivity index (χ4v) is 5.32. The number of amides is 2. The molecule has 2 heterocycles. The first-order valence-corrected chi connectivity index (χ1v) is 12.0. The quantitative estimate of drug-likeness (QED) is 0.519. The summed E-state index contributed by atoms with van der Waals surface area (Å²) in [6.07, 6.45) is 1.59. The zero-order valence-corrected chi connectivity index (χ0v) is 18.9. The van der Waals surface area contributed by atoms with Crippen molar-refractivity contribution >= 4 is 32.8 Å². The second-order valence-electron chi connectivity index (χ2n) is 7.90. The number of para-hydroxylation sites is 1. The van der Waals surface area contributed by atoms with E-state index in [1.165, 1.54) is 22.5 Å². The van der Waals surface area contributed by atoms with Crippen molar-refractivity contribution in [2.24, 2.45) is 5.73 Å². The Morgan fingerprint density at radius 3 is 2.58 bits per heavy atom. The van der Waals surface area contributed by atoms with Gasteiger partial charge in [-0.3, -0.25) is 9.59 Å². The van der Waals surface area contributed by atoms with Crippen LogP contribution in [0.1, 0.15) is 41.9 Å². The summed E-state index contributed by atoms with van der Waals surface area (Å²) in [5, 5.41) is 3.70. The third kappa shape index (κ3) is 4.86. The lowest BCUT2D eigenvalue weighted by atomic mass is 10.2. The Hall–Kier alpha value is -3.37. The van der Waals surface area contributed by atoms with Gasteiger partial charge in [-0.05, 0) is 50.1 Å². The van der Waals surface area contributed by atoms with Crippen LogP contribution in [0.2, 0.25) is 0 Å². The number of hydrogen-bond acceptors (Lipinski definition) is 6. The highest BCUT2D eigenvalue weighted by molar-refractivity contribution is 7.89. The van der Waals surface area contributed by atoms with Gasteiger partial charge in [0.15, 0.2) is 6.61 Å². The molecule has 1 fully saturated rings. The van der Waals surface area contributed by atoms with Gasteiger partial charge in [-0.15, -0.1) is 0 Å². The number of carbonyl (C=O) groups excluding carboxylic acids is 2. The lowest BCUT2D eigenvalue weighted by Gasteiger charge is -2.17. The number of primary amides is 1. The Labute approximate surface area is 191 Å². The lowest BCUT2D eigenvalue weighted by Crippen LogP contribution is -2.31. The summed E-state index contributed by atoms with van der Waals surface area (Å²) in [7, 11) is -3.72. The molecule has 0 bridgehead atoms. The molecule has 2 amide bonds. The van der Waals surface area contributed by atoms with Crippen molar-refractivity contribution in [3.8, 4) is 5.75 Å². The van der Waals surface area contributed by atoms with E-state index in [-0.39, 0.29) is 22.8 Å². The topological polar surface area (TPSA) is 132 Å². The molecule has 174 valence electrons. The number of fused-ring (bicyclic) bond motifs is 1. The molecule has 1 aliphatic heterocycles. The largest absolute Gasteiger partial charge is 0.483 e. The summed E-state index contributed by atoms with van der Waals surface area (Å²) in [6, 6.07) is 12.9. The first-order chi connectivity index (χ1) is 15.8. The smallest absolute Gasteiger partial charge is 0.258 e. The maximum atomic E-state index is 12.8. The predicted molar refractivity (Wildman–Crippen MR) is 121 cm³/mol. The summed E-state index contributed by atoms with van der Waals surface area (Å²) in [5.41, 5.74) is 6.06. The standard InChI is InChI=1S/C23H25N3O6S/c1-15(21-12-16-6-2-3-7-19(16)32-21)25-22(27)14-31-20-9-8-17(13-18(20)23(24)28)33(29,30)26-10-4-5-11-26/h2-3,6-9,12-13,15H,4-5,10-11,14H2,1H3,(H2,24,28)(H,25,27)/t15-/m0/s1. The van der Waals surface area contributed by atoms with Crippen molar-refractivity contribution in [1.29, 1.82) is 0 Å². The minimum absolute atomic E-state index is 0.0338. The fourth-order valence-electron chi connectivity index (χ4n) is 3.78. The highest BCUT2D eigenvalue weighted by Gasteiger charge is 2.28. The number of nitrogens with two attached hydrogens (primary N) is 1. The molecule has 1 saturated heterocycles. The molecule has 0 saturated carbocycles. The highest BCUT2D eigenvalue weighted by atomic mass is 32.2. The van der Waals surface area contributed by atoms with Gasteiger partial charge >= 0.3 is 0 Å². The van der Waals surface area contributed by atoms with E-state index in [1.54, 1.807) is 6.92 Å². The molecule has 0 spiro atoms. The molecule has 0 aliphatic carbocycles. The SMILES string of the molecule is C[C@H](NC(=O)COc1ccc(S(=O)(=O)N2CCCC2)cc1C(N)=O)c1cc2ccccc2o1. The Morgan fingerprint density at radius 1 is 1.15 bits per heavy atom. The number of nitrogens with one attached hydrogen (secondary N) is 1. The van der Waals surface area contributed by atoms with Crippen LogP contribution >= 0.6 is 0 Å². The summed E-state index contributed by atoms with van der Waals surface area (Å²) in [4.78, 5) is 24.3. The molecular formula is C23H25N3O6S. The van der Waals surface area contributed by atoms with E-state index in [0.717, 1.165) is 23.8 Å². The molecule has 1 aliphatic rings. The molecule has 33 heavy (non-hydrogen) atoms. The molecule has 0 radical (unpaired) electrons. The van der Waals surface area contributed by atoms with Crippen LogP contribution in [0.5, 0.6) is 5.75 Å². The van der Waals surface area contributed by atoms with E-state index < -0.39 is 27.9 Å². The van der Waals surface area contributed by atoms with Gasteiger partial charge in [-0.1, -0.05) is 18.2 Å². The first kappa shape index (κ1) is 22.8. The van der Waals surface area contributed by atoms with Crippen molar-refractivity contribution in [3.63, 3.8) is 0 Å². The van der Waals surface area contributed by atoms with E-state index in [2.05, 4.69) is 5.32 Å². The van der Waals surface area contributed by atoms with Crippen LogP contribution in [0.15, 0.2) is 57.8 Å². The number of benzene rings is 2. The van der Waals surface area contributed by atoms with E-state index >= 15 is 0 Å². The molecule has 4 rings (SSSR count). The molecule has 2 aromatic carbocycles. The average molecular weight is 472 g/mol. The van der Waals surface area contributed by atoms with Crippen molar-refractivity contribution in [1.82, 2.24) is 9.62 Å². The lowest BCUT2D eigenvalue weighted by molar-refractivity contribution is -0.123. The van der Waals surface area contributed by atoms with Crippen LogP contribution in [-0.2, 0) is 14.8 Å². The second kappa shape index (κ2) is 9.24. The number of sulfonamides is 1. The van der Waals surface area contributed by atoms with Gasteiger partial charge < -0.3 is 20.2 Å². The Balaban J connectivity index is 1.43. The second-order valence-corrected chi connectivity index (χ2v) is 9.84. The molecule has 3 N–H and O–H groups in total. The van der Waals surface area contributed by atoms with Crippen LogP contribution in [0, 0.1) is 0 Å². The minimum atomic E-state index is -3.72.